The van der Waals surface area contributed by atoms with Crippen LogP contribution in [0.4, 0.5) is 0 Å². The van der Waals surface area contributed by atoms with Crippen molar-refractivity contribution in [2.45, 2.75) is 43.5 Å². The van der Waals surface area contributed by atoms with Crippen LogP contribution in [0.5, 0.6) is 0 Å². The maximum Gasteiger partial charge on any atom is 0.220 e. The average molecular weight is 216 g/mol. The van der Waals surface area contributed by atoms with E-state index in [0.29, 0.717) is 6.42 Å². The van der Waals surface area contributed by atoms with E-state index in [0.717, 1.165) is 19.4 Å². The molecule has 0 amide bonds. The second kappa shape index (κ2) is 3.10. The molecule has 3 heteroatoms. The SMILES string of the molecule is CC#CC#C[C@]12O[C@]13CCCO[C@@H]3CC2=O. The molecule has 2 heterocycles. The lowest BCUT2D eigenvalue weighted by atomic mass is 9.89. The Kier molecular flexibility index (Phi) is 1.92. The molecule has 2 saturated heterocycles. The number of rotatable bonds is 0. The van der Waals surface area contributed by atoms with Crippen molar-refractivity contribution in [1.82, 2.24) is 0 Å². The number of hydrogen-bond acceptors (Lipinski definition) is 3. The van der Waals surface area contributed by atoms with Gasteiger partial charge in [-0.2, -0.15) is 0 Å². The Labute approximate surface area is 94.5 Å². The Bertz CT molecular complexity index is 473. The highest BCUT2D eigenvalue weighted by atomic mass is 16.7. The fourth-order valence-corrected chi connectivity index (χ4v) is 2.83. The average Bonchev–Trinajstić information content (AvgIpc) is 2.86. The molecule has 0 unspecified atom stereocenters. The molecule has 0 N–H and O–H groups in total. The first-order valence-corrected chi connectivity index (χ1v) is 5.54. The zero-order valence-electron chi connectivity index (χ0n) is 9.13. The predicted octanol–water partition coefficient (Wildman–Crippen LogP) is 0.673. The summed E-state index contributed by atoms with van der Waals surface area (Å²) in [6, 6.07) is 0. The predicted molar refractivity (Wildman–Crippen MR) is 56.4 cm³/mol. The summed E-state index contributed by atoms with van der Waals surface area (Å²) in [6.45, 7) is 2.44. The van der Waals surface area contributed by atoms with Gasteiger partial charge in [0, 0.05) is 13.0 Å². The fourth-order valence-electron chi connectivity index (χ4n) is 2.83. The lowest BCUT2D eigenvalue weighted by Crippen LogP contribution is -2.37. The van der Waals surface area contributed by atoms with Crippen LogP contribution >= 0.6 is 0 Å². The van der Waals surface area contributed by atoms with E-state index < -0.39 is 11.2 Å². The van der Waals surface area contributed by atoms with E-state index in [9.17, 15) is 4.79 Å². The van der Waals surface area contributed by atoms with Crippen LogP contribution in [0.25, 0.3) is 0 Å². The van der Waals surface area contributed by atoms with E-state index in [-0.39, 0.29) is 11.9 Å². The largest absolute Gasteiger partial charge is 0.375 e. The summed E-state index contributed by atoms with van der Waals surface area (Å²) >= 11 is 0. The summed E-state index contributed by atoms with van der Waals surface area (Å²) in [4.78, 5) is 11.9. The first kappa shape index (κ1) is 9.90. The number of epoxide rings is 1. The minimum atomic E-state index is -0.887. The molecule has 0 aromatic rings. The third-order valence-electron chi connectivity index (χ3n) is 3.61. The summed E-state index contributed by atoms with van der Waals surface area (Å²) < 4.78 is 11.3. The van der Waals surface area contributed by atoms with Crippen LogP contribution in [0.15, 0.2) is 0 Å². The second-order valence-corrected chi connectivity index (χ2v) is 4.39. The molecule has 3 nitrogen and oxygen atoms in total. The quantitative estimate of drug-likeness (QED) is 0.441. The minimum absolute atomic E-state index is 0.0600. The molecule has 3 aliphatic rings. The van der Waals surface area contributed by atoms with Crippen molar-refractivity contribution in [3.05, 3.63) is 0 Å². The number of hydrogen-bond donors (Lipinski definition) is 0. The number of ether oxygens (including phenoxy) is 2. The Morgan fingerprint density at radius 1 is 1.44 bits per heavy atom. The molecule has 1 spiro atoms. The summed E-state index contributed by atoms with van der Waals surface area (Å²) in [5.41, 5.74) is -1.33. The second-order valence-electron chi connectivity index (χ2n) is 4.39. The Balaban J connectivity index is 1.95. The normalized spacial score (nSPS) is 43.3. The van der Waals surface area contributed by atoms with Crippen LogP contribution < -0.4 is 0 Å². The van der Waals surface area contributed by atoms with E-state index in [1.54, 1.807) is 6.92 Å². The first-order valence-electron chi connectivity index (χ1n) is 5.54. The molecule has 0 bridgehead atoms. The molecular formula is C13H12O3. The zero-order valence-corrected chi connectivity index (χ0v) is 9.13. The summed E-state index contributed by atoms with van der Waals surface area (Å²) in [7, 11) is 0. The van der Waals surface area contributed by atoms with Crippen molar-refractivity contribution in [2.24, 2.45) is 0 Å². The third kappa shape index (κ3) is 1.00. The van der Waals surface area contributed by atoms with Gasteiger partial charge in [0.1, 0.15) is 5.60 Å². The number of carbonyl (C=O) groups is 1. The summed E-state index contributed by atoms with van der Waals surface area (Å²) in [5, 5.41) is 0. The molecule has 0 radical (unpaired) electrons. The molecule has 16 heavy (non-hydrogen) atoms. The van der Waals surface area contributed by atoms with Crippen molar-refractivity contribution in [3.8, 4) is 23.7 Å². The molecule has 3 atom stereocenters. The minimum Gasteiger partial charge on any atom is -0.375 e. The van der Waals surface area contributed by atoms with Gasteiger partial charge in [-0.1, -0.05) is 5.92 Å². The van der Waals surface area contributed by atoms with Crippen LogP contribution in [-0.2, 0) is 14.3 Å². The van der Waals surface area contributed by atoms with Crippen LogP contribution in [-0.4, -0.2) is 29.7 Å². The van der Waals surface area contributed by atoms with Gasteiger partial charge in [0.2, 0.25) is 5.60 Å². The standard InChI is InChI=1S/C13H12O3/c1-2-3-4-6-12-10(14)9-11-13(12,16-12)7-5-8-15-11/h11H,5,7-9H2,1H3/t11-,12-,13+/m1/s1. The zero-order chi connectivity index (χ0) is 11.2. The van der Waals surface area contributed by atoms with Gasteiger partial charge >= 0.3 is 0 Å². The molecule has 0 aromatic heterocycles. The van der Waals surface area contributed by atoms with Crippen molar-refractivity contribution in [2.75, 3.05) is 6.61 Å². The van der Waals surface area contributed by atoms with Gasteiger partial charge in [0.15, 0.2) is 5.78 Å². The van der Waals surface area contributed by atoms with E-state index >= 15 is 0 Å². The molecule has 1 aliphatic carbocycles. The summed E-state index contributed by atoms with van der Waals surface area (Å²) in [5.74, 6) is 11.0. The summed E-state index contributed by atoms with van der Waals surface area (Å²) in [6.07, 6.45) is 2.16. The highest BCUT2D eigenvalue weighted by Gasteiger charge is 2.82. The topological polar surface area (TPSA) is 38.8 Å². The van der Waals surface area contributed by atoms with Crippen LogP contribution in [0.1, 0.15) is 26.2 Å². The number of Topliss-reactive ketones (excluding diaryl/α,β-unsaturated/α-hetero) is 1. The Hall–Kier alpha value is -1.29. The molecule has 3 fully saturated rings. The maximum absolute atomic E-state index is 11.9. The monoisotopic (exact) mass is 216 g/mol. The number of ketones is 1. The van der Waals surface area contributed by atoms with Crippen molar-refractivity contribution >= 4 is 5.78 Å². The fraction of sp³-hybridized carbons (Fsp3) is 0.615. The van der Waals surface area contributed by atoms with E-state index in [1.165, 1.54) is 0 Å². The van der Waals surface area contributed by atoms with Gasteiger partial charge in [-0.15, -0.1) is 0 Å². The van der Waals surface area contributed by atoms with Gasteiger partial charge in [0.05, 0.1) is 6.10 Å². The Morgan fingerprint density at radius 2 is 2.31 bits per heavy atom. The van der Waals surface area contributed by atoms with Crippen molar-refractivity contribution in [3.63, 3.8) is 0 Å². The molecule has 2 aliphatic heterocycles. The van der Waals surface area contributed by atoms with Gasteiger partial charge in [-0.05, 0) is 37.5 Å². The van der Waals surface area contributed by atoms with E-state index in [4.69, 9.17) is 9.47 Å². The van der Waals surface area contributed by atoms with Gasteiger partial charge in [-0.3, -0.25) is 4.79 Å². The third-order valence-corrected chi connectivity index (χ3v) is 3.61. The van der Waals surface area contributed by atoms with Gasteiger partial charge in [-0.25, -0.2) is 0 Å². The van der Waals surface area contributed by atoms with Gasteiger partial charge in [0.25, 0.3) is 0 Å². The van der Waals surface area contributed by atoms with Crippen LogP contribution in [0.3, 0.4) is 0 Å². The molecule has 3 rings (SSSR count). The van der Waals surface area contributed by atoms with E-state index in [2.05, 4.69) is 23.7 Å². The van der Waals surface area contributed by atoms with Crippen molar-refractivity contribution < 1.29 is 14.3 Å². The van der Waals surface area contributed by atoms with E-state index in [1.807, 2.05) is 0 Å². The van der Waals surface area contributed by atoms with Gasteiger partial charge < -0.3 is 9.47 Å². The number of carbonyl (C=O) groups excluding carboxylic acids is 1. The molecule has 0 aromatic carbocycles. The highest BCUT2D eigenvalue weighted by molar-refractivity contribution is 5.99. The van der Waals surface area contributed by atoms with Crippen molar-refractivity contribution in [1.29, 1.82) is 0 Å². The smallest absolute Gasteiger partial charge is 0.220 e. The molecular weight excluding hydrogens is 204 g/mol. The Morgan fingerprint density at radius 3 is 3.12 bits per heavy atom. The molecule has 82 valence electrons. The van der Waals surface area contributed by atoms with Crippen LogP contribution in [0, 0.1) is 23.7 Å². The molecule has 1 saturated carbocycles. The highest BCUT2D eigenvalue weighted by Crippen LogP contribution is 2.62. The lowest BCUT2D eigenvalue weighted by Gasteiger charge is -2.25. The lowest BCUT2D eigenvalue weighted by molar-refractivity contribution is -0.126. The van der Waals surface area contributed by atoms with Crippen LogP contribution in [0.2, 0.25) is 0 Å². The maximum atomic E-state index is 11.9. The first-order chi connectivity index (χ1) is 7.75.